The molecule has 1 saturated carbocycles. The number of aliphatic imine (C=N–C) groups is 1. The summed E-state index contributed by atoms with van der Waals surface area (Å²) in [7, 11) is 1.76. The standard InChI is InChI=1S/C22H24F3N5O.CH2O2/c1-30(21(31)16-5-4-6-16)14-15-8-10-17(11-9-15)28-18(13-26)20(22(23,24)25)29-19-7-2-3-12-27-19;2-1-3/h2-3,7-13,16,28H,4-6,14,26H2,1H3;1H,(H,2,3)/b18-13+,29-20-;. The van der Waals surface area contributed by atoms with Crippen LogP contribution in [-0.4, -0.2) is 46.3 Å². The lowest BCUT2D eigenvalue weighted by atomic mass is 9.84. The van der Waals surface area contributed by atoms with Gasteiger partial charge in [0.05, 0.1) is 5.70 Å². The van der Waals surface area contributed by atoms with E-state index < -0.39 is 11.9 Å². The molecule has 1 aliphatic carbocycles. The lowest BCUT2D eigenvalue weighted by Gasteiger charge is -2.29. The molecule has 1 heterocycles. The Morgan fingerprint density at radius 2 is 1.91 bits per heavy atom. The van der Waals surface area contributed by atoms with Crippen LogP contribution < -0.4 is 11.1 Å². The monoisotopic (exact) mass is 477 g/mol. The third-order valence-corrected chi connectivity index (χ3v) is 5.05. The van der Waals surface area contributed by atoms with Gasteiger partial charge in [0.2, 0.25) is 5.91 Å². The fourth-order valence-electron chi connectivity index (χ4n) is 3.16. The summed E-state index contributed by atoms with van der Waals surface area (Å²) in [6.07, 6.45) is 0.404. The van der Waals surface area contributed by atoms with E-state index in [1.807, 2.05) is 0 Å². The molecular formula is C23H26F3N5O3. The summed E-state index contributed by atoms with van der Waals surface area (Å²) in [5.41, 5.74) is 5.20. The largest absolute Gasteiger partial charge is 0.483 e. The number of benzene rings is 1. The first-order chi connectivity index (χ1) is 16.2. The number of carbonyl (C=O) groups excluding carboxylic acids is 1. The number of allylic oxidation sites excluding steroid dienone is 1. The van der Waals surface area contributed by atoms with Crippen LogP contribution in [0.25, 0.3) is 0 Å². The van der Waals surface area contributed by atoms with Gasteiger partial charge in [0.15, 0.2) is 11.5 Å². The fraction of sp³-hybridized carbons (Fsp3) is 0.304. The van der Waals surface area contributed by atoms with E-state index >= 15 is 0 Å². The van der Waals surface area contributed by atoms with Crippen LogP contribution in [0, 0.1) is 5.92 Å². The Morgan fingerprint density at radius 1 is 1.26 bits per heavy atom. The van der Waals surface area contributed by atoms with Crippen LogP contribution in [0.4, 0.5) is 24.7 Å². The highest BCUT2D eigenvalue weighted by Gasteiger charge is 2.38. The van der Waals surface area contributed by atoms with E-state index in [-0.39, 0.29) is 29.8 Å². The second-order valence-electron chi connectivity index (χ2n) is 7.48. The zero-order chi connectivity index (χ0) is 25.1. The number of amides is 1. The first-order valence-electron chi connectivity index (χ1n) is 10.4. The van der Waals surface area contributed by atoms with Gasteiger partial charge >= 0.3 is 6.18 Å². The highest BCUT2D eigenvalue weighted by Crippen LogP contribution is 2.29. The molecule has 1 aromatic heterocycles. The maximum Gasteiger partial charge on any atom is 0.435 e. The van der Waals surface area contributed by atoms with Crippen molar-refractivity contribution in [1.29, 1.82) is 0 Å². The van der Waals surface area contributed by atoms with Crippen molar-refractivity contribution >= 4 is 29.6 Å². The highest BCUT2D eigenvalue weighted by atomic mass is 19.4. The third-order valence-electron chi connectivity index (χ3n) is 5.05. The second-order valence-corrected chi connectivity index (χ2v) is 7.48. The van der Waals surface area contributed by atoms with E-state index in [0.29, 0.717) is 12.2 Å². The van der Waals surface area contributed by atoms with Crippen molar-refractivity contribution in [3.63, 3.8) is 0 Å². The molecule has 0 radical (unpaired) electrons. The predicted octanol–water partition coefficient (Wildman–Crippen LogP) is 4.09. The molecule has 1 aromatic carbocycles. The average molecular weight is 477 g/mol. The number of hydrogen-bond donors (Lipinski definition) is 3. The summed E-state index contributed by atoms with van der Waals surface area (Å²) in [6, 6.07) is 11.3. The Hall–Kier alpha value is -3.89. The molecule has 34 heavy (non-hydrogen) atoms. The van der Waals surface area contributed by atoms with Crippen LogP contribution in [0.15, 0.2) is 65.6 Å². The summed E-state index contributed by atoms with van der Waals surface area (Å²) in [5.74, 6) is 0.162. The molecule has 0 atom stereocenters. The lowest BCUT2D eigenvalue weighted by molar-refractivity contribution is -0.137. The van der Waals surface area contributed by atoms with Crippen molar-refractivity contribution in [3.8, 4) is 0 Å². The number of anilines is 1. The Kier molecular flexibility index (Phi) is 9.60. The van der Waals surface area contributed by atoms with E-state index in [9.17, 15) is 18.0 Å². The van der Waals surface area contributed by atoms with E-state index in [1.54, 1.807) is 48.3 Å². The van der Waals surface area contributed by atoms with Crippen LogP contribution in [-0.2, 0) is 16.1 Å². The summed E-state index contributed by atoms with van der Waals surface area (Å²) < 4.78 is 40.8. The number of carbonyl (C=O) groups is 2. The number of alkyl halides is 3. The number of nitrogens with two attached hydrogens (primary N) is 1. The molecule has 11 heteroatoms. The molecule has 2 aromatic rings. The van der Waals surface area contributed by atoms with E-state index in [1.165, 1.54) is 12.3 Å². The molecule has 182 valence electrons. The van der Waals surface area contributed by atoms with Gasteiger partial charge in [-0.1, -0.05) is 24.6 Å². The lowest BCUT2D eigenvalue weighted by Crippen LogP contribution is -2.35. The topological polar surface area (TPSA) is 121 Å². The molecule has 1 fully saturated rings. The quantitative estimate of drug-likeness (QED) is 0.408. The van der Waals surface area contributed by atoms with Crippen LogP contribution in [0.5, 0.6) is 0 Å². The molecule has 0 bridgehead atoms. The molecule has 0 spiro atoms. The van der Waals surface area contributed by atoms with Gasteiger partial charge in [-0.15, -0.1) is 0 Å². The van der Waals surface area contributed by atoms with Crippen LogP contribution in [0.2, 0.25) is 0 Å². The van der Waals surface area contributed by atoms with Gasteiger partial charge in [0, 0.05) is 37.6 Å². The van der Waals surface area contributed by atoms with E-state index in [0.717, 1.165) is 31.0 Å². The van der Waals surface area contributed by atoms with Gasteiger partial charge in [-0.2, -0.15) is 13.2 Å². The number of nitrogens with zero attached hydrogens (tertiary/aromatic N) is 3. The molecular weight excluding hydrogens is 451 g/mol. The molecule has 1 aliphatic rings. The van der Waals surface area contributed by atoms with Gasteiger partial charge < -0.3 is 21.1 Å². The fourth-order valence-corrected chi connectivity index (χ4v) is 3.16. The van der Waals surface area contributed by atoms with Crippen LogP contribution in [0.3, 0.4) is 0 Å². The van der Waals surface area contributed by atoms with Crippen molar-refractivity contribution < 1.29 is 27.9 Å². The minimum atomic E-state index is -4.74. The molecule has 0 saturated heterocycles. The Balaban J connectivity index is 0.00000129. The Labute approximate surface area is 195 Å². The molecule has 0 unspecified atom stereocenters. The summed E-state index contributed by atoms with van der Waals surface area (Å²) >= 11 is 0. The number of halogens is 3. The maximum atomic E-state index is 13.6. The summed E-state index contributed by atoms with van der Waals surface area (Å²) in [6.45, 7) is 0.185. The smallest absolute Gasteiger partial charge is 0.435 e. The molecule has 8 nitrogen and oxygen atoms in total. The highest BCUT2D eigenvalue weighted by molar-refractivity contribution is 6.07. The molecule has 1 amide bonds. The Morgan fingerprint density at radius 3 is 2.38 bits per heavy atom. The van der Waals surface area contributed by atoms with Crippen molar-refractivity contribution in [2.75, 3.05) is 12.4 Å². The normalized spacial score (nSPS) is 14.4. The van der Waals surface area contributed by atoms with Gasteiger partial charge in [0.1, 0.15) is 0 Å². The van der Waals surface area contributed by atoms with Gasteiger partial charge in [-0.25, -0.2) is 9.98 Å². The zero-order valence-corrected chi connectivity index (χ0v) is 18.5. The second kappa shape index (κ2) is 12.4. The number of pyridine rings is 1. The van der Waals surface area contributed by atoms with Crippen molar-refractivity contribution in [2.24, 2.45) is 16.6 Å². The average Bonchev–Trinajstić information content (AvgIpc) is 2.76. The van der Waals surface area contributed by atoms with Crippen molar-refractivity contribution in [2.45, 2.75) is 32.0 Å². The van der Waals surface area contributed by atoms with Crippen LogP contribution >= 0.6 is 0 Å². The van der Waals surface area contributed by atoms with Gasteiger partial charge in [-0.05, 0) is 42.7 Å². The molecule has 4 N–H and O–H groups in total. The van der Waals surface area contributed by atoms with Gasteiger partial charge in [-0.3, -0.25) is 9.59 Å². The SMILES string of the molecule is CN(Cc1ccc(NC(=C/N)/C(=N/c2ccccn2)C(F)(F)F)cc1)C(=O)C1CCC1.O=CO. The number of rotatable bonds is 7. The number of hydrogen-bond acceptors (Lipinski definition) is 6. The maximum absolute atomic E-state index is 13.6. The number of carboxylic acid groups (broad SMARTS) is 1. The van der Waals surface area contributed by atoms with Crippen molar-refractivity contribution in [1.82, 2.24) is 9.88 Å². The predicted molar refractivity (Wildman–Crippen MR) is 122 cm³/mol. The Bertz CT molecular complexity index is 1000. The third kappa shape index (κ3) is 7.61. The van der Waals surface area contributed by atoms with E-state index in [4.69, 9.17) is 15.6 Å². The van der Waals surface area contributed by atoms with Crippen LogP contribution in [0.1, 0.15) is 24.8 Å². The van der Waals surface area contributed by atoms with E-state index in [2.05, 4.69) is 15.3 Å². The number of nitrogens with one attached hydrogen (secondary N) is 1. The number of aromatic nitrogens is 1. The van der Waals surface area contributed by atoms with Crippen molar-refractivity contribution in [3.05, 3.63) is 66.1 Å². The summed E-state index contributed by atoms with van der Waals surface area (Å²) in [4.78, 5) is 29.8. The minimum Gasteiger partial charge on any atom is -0.483 e. The summed E-state index contributed by atoms with van der Waals surface area (Å²) in [5, 5.41) is 9.56. The zero-order valence-electron chi connectivity index (χ0n) is 18.5. The van der Waals surface area contributed by atoms with Gasteiger partial charge in [0.25, 0.3) is 6.47 Å². The first kappa shape index (κ1) is 26.4. The molecule has 0 aliphatic heterocycles. The molecule has 3 rings (SSSR count). The minimum absolute atomic E-state index is 0.0783. The first-order valence-corrected chi connectivity index (χ1v) is 10.4.